The normalized spacial score (nSPS) is 15.0. The highest BCUT2D eigenvalue weighted by molar-refractivity contribution is 7.09. The van der Waals surface area contributed by atoms with Crippen LogP contribution in [0, 0.1) is 12.3 Å². The van der Waals surface area contributed by atoms with Crippen molar-refractivity contribution in [3.8, 4) is 0 Å². The Morgan fingerprint density at radius 2 is 2.19 bits per heavy atom. The minimum Gasteiger partial charge on any atom is -0.316 e. The second-order valence-corrected chi connectivity index (χ2v) is 5.84. The molecule has 0 amide bonds. The number of rotatable bonds is 7. The van der Waals surface area contributed by atoms with Gasteiger partial charge in [0.25, 0.3) is 0 Å². The topological polar surface area (TPSA) is 24.9 Å². The van der Waals surface area contributed by atoms with Crippen LogP contribution >= 0.6 is 11.3 Å². The van der Waals surface area contributed by atoms with Crippen LogP contribution in [-0.2, 0) is 6.42 Å². The molecule has 0 aromatic carbocycles. The maximum Gasteiger partial charge on any atom is 0.0934 e. The summed E-state index contributed by atoms with van der Waals surface area (Å²) in [6.07, 6.45) is 3.50. The van der Waals surface area contributed by atoms with Gasteiger partial charge in [0.15, 0.2) is 0 Å². The molecule has 0 aliphatic rings. The molecule has 1 unspecified atom stereocenters. The molecule has 2 nitrogen and oxygen atoms in total. The van der Waals surface area contributed by atoms with Crippen molar-refractivity contribution in [1.82, 2.24) is 10.3 Å². The smallest absolute Gasteiger partial charge is 0.0934 e. The number of thiazole rings is 1. The Kier molecular flexibility index (Phi) is 5.42. The zero-order valence-corrected chi connectivity index (χ0v) is 11.8. The Balaban J connectivity index is 2.51. The number of nitrogens with zero attached hydrogens (tertiary/aromatic N) is 1. The Hall–Kier alpha value is -0.410. The SMILES string of the molecule is CCCNCC(C)(CC)Cc1nc(C)cs1. The molecule has 1 heterocycles. The summed E-state index contributed by atoms with van der Waals surface area (Å²) in [6, 6.07) is 0. The molecule has 1 aromatic rings. The van der Waals surface area contributed by atoms with Gasteiger partial charge >= 0.3 is 0 Å². The Morgan fingerprint density at radius 1 is 1.44 bits per heavy atom. The largest absolute Gasteiger partial charge is 0.316 e. The molecule has 92 valence electrons. The lowest BCUT2D eigenvalue weighted by molar-refractivity contribution is 0.290. The summed E-state index contributed by atoms with van der Waals surface area (Å²) in [7, 11) is 0. The number of aryl methyl sites for hydroxylation is 1. The minimum absolute atomic E-state index is 0.347. The van der Waals surface area contributed by atoms with E-state index in [1.807, 2.05) is 0 Å². The van der Waals surface area contributed by atoms with Crippen LogP contribution in [-0.4, -0.2) is 18.1 Å². The van der Waals surface area contributed by atoms with Gasteiger partial charge in [0.05, 0.1) is 5.01 Å². The number of nitrogens with one attached hydrogen (secondary N) is 1. The maximum absolute atomic E-state index is 4.56. The zero-order valence-electron chi connectivity index (χ0n) is 11.0. The van der Waals surface area contributed by atoms with E-state index >= 15 is 0 Å². The molecule has 0 fully saturated rings. The van der Waals surface area contributed by atoms with Gasteiger partial charge in [0, 0.05) is 24.0 Å². The molecular weight excluding hydrogens is 216 g/mol. The van der Waals surface area contributed by atoms with E-state index in [9.17, 15) is 0 Å². The number of hydrogen-bond donors (Lipinski definition) is 1. The van der Waals surface area contributed by atoms with E-state index in [2.05, 4.69) is 43.4 Å². The third-order valence-corrected chi connectivity index (χ3v) is 4.04. The molecule has 0 aliphatic carbocycles. The van der Waals surface area contributed by atoms with Gasteiger partial charge in [-0.05, 0) is 31.7 Å². The van der Waals surface area contributed by atoms with Gasteiger partial charge in [-0.25, -0.2) is 4.98 Å². The van der Waals surface area contributed by atoms with Gasteiger partial charge in [-0.2, -0.15) is 0 Å². The Labute approximate surface area is 103 Å². The van der Waals surface area contributed by atoms with Gasteiger partial charge in [0.1, 0.15) is 0 Å². The van der Waals surface area contributed by atoms with E-state index in [0.29, 0.717) is 5.41 Å². The fourth-order valence-corrected chi connectivity index (χ4v) is 2.72. The van der Waals surface area contributed by atoms with E-state index in [4.69, 9.17) is 0 Å². The number of aromatic nitrogens is 1. The third kappa shape index (κ3) is 4.22. The highest BCUT2D eigenvalue weighted by Crippen LogP contribution is 2.27. The van der Waals surface area contributed by atoms with Crippen molar-refractivity contribution < 1.29 is 0 Å². The molecular formula is C13H24N2S. The molecule has 1 N–H and O–H groups in total. The van der Waals surface area contributed by atoms with Crippen LogP contribution in [0.15, 0.2) is 5.38 Å². The van der Waals surface area contributed by atoms with Crippen LogP contribution in [0.5, 0.6) is 0 Å². The molecule has 16 heavy (non-hydrogen) atoms. The van der Waals surface area contributed by atoms with E-state index in [1.54, 1.807) is 11.3 Å². The van der Waals surface area contributed by atoms with Crippen LogP contribution < -0.4 is 5.32 Å². The van der Waals surface area contributed by atoms with Crippen LogP contribution in [0.2, 0.25) is 0 Å². The van der Waals surface area contributed by atoms with Crippen LogP contribution in [0.4, 0.5) is 0 Å². The molecule has 1 atom stereocenters. The molecule has 0 aliphatic heterocycles. The molecule has 3 heteroatoms. The first-order valence-electron chi connectivity index (χ1n) is 6.21. The lowest BCUT2D eigenvalue weighted by Crippen LogP contribution is -2.33. The van der Waals surface area contributed by atoms with Crippen molar-refractivity contribution in [2.45, 2.75) is 47.0 Å². The first-order chi connectivity index (χ1) is 7.59. The van der Waals surface area contributed by atoms with Gasteiger partial charge in [-0.15, -0.1) is 11.3 Å². The summed E-state index contributed by atoms with van der Waals surface area (Å²) in [5.74, 6) is 0. The molecule has 0 spiro atoms. The van der Waals surface area contributed by atoms with Crippen molar-refractivity contribution in [2.24, 2.45) is 5.41 Å². The van der Waals surface area contributed by atoms with Crippen molar-refractivity contribution in [3.05, 3.63) is 16.1 Å². The first kappa shape index (κ1) is 13.7. The summed E-state index contributed by atoms with van der Waals surface area (Å²) >= 11 is 1.79. The highest BCUT2D eigenvalue weighted by atomic mass is 32.1. The molecule has 0 saturated heterocycles. The predicted octanol–water partition coefficient (Wildman–Crippen LogP) is 3.41. The van der Waals surface area contributed by atoms with Crippen molar-refractivity contribution in [2.75, 3.05) is 13.1 Å². The fraction of sp³-hybridized carbons (Fsp3) is 0.769. The zero-order chi connectivity index (χ0) is 12.0. The summed E-state index contributed by atoms with van der Waals surface area (Å²) in [6.45, 7) is 11.1. The predicted molar refractivity (Wildman–Crippen MR) is 72.1 cm³/mol. The second kappa shape index (κ2) is 6.36. The lowest BCUT2D eigenvalue weighted by atomic mass is 9.84. The Morgan fingerprint density at radius 3 is 2.69 bits per heavy atom. The summed E-state index contributed by atoms with van der Waals surface area (Å²) in [5, 5.41) is 6.95. The van der Waals surface area contributed by atoms with E-state index in [0.717, 1.165) is 25.2 Å². The highest BCUT2D eigenvalue weighted by Gasteiger charge is 2.23. The summed E-state index contributed by atoms with van der Waals surface area (Å²) < 4.78 is 0. The fourth-order valence-electron chi connectivity index (χ4n) is 1.73. The number of hydrogen-bond acceptors (Lipinski definition) is 3. The molecule has 0 bridgehead atoms. The average molecular weight is 240 g/mol. The van der Waals surface area contributed by atoms with E-state index < -0.39 is 0 Å². The van der Waals surface area contributed by atoms with Crippen LogP contribution in [0.1, 0.15) is 44.3 Å². The van der Waals surface area contributed by atoms with Crippen molar-refractivity contribution in [3.63, 3.8) is 0 Å². The minimum atomic E-state index is 0.347. The van der Waals surface area contributed by atoms with E-state index in [1.165, 1.54) is 17.8 Å². The van der Waals surface area contributed by atoms with Crippen molar-refractivity contribution >= 4 is 11.3 Å². The lowest BCUT2D eigenvalue weighted by Gasteiger charge is -2.27. The molecule has 0 saturated carbocycles. The van der Waals surface area contributed by atoms with E-state index in [-0.39, 0.29) is 0 Å². The van der Waals surface area contributed by atoms with Gasteiger partial charge in [0.2, 0.25) is 0 Å². The average Bonchev–Trinajstić information content (AvgIpc) is 2.64. The molecule has 0 radical (unpaired) electrons. The molecule has 1 aromatic heterocycles. The van der Waals surface area contributed by atoms with Crippen molar-refractivity contribution in [1.29, 1.82) is 0 Å². The quantitative estimate of drug-likeness (QED) is 0.739. The molecule has 1 rings (SSSR count). The Bertz CT molecular complexity index is 309. The second-order valence-electron chi connectivity index (χ2n) is 4.90. The summed E-state index contributed by atoms with van der Waals surface area (Å²) in [4.78, 5) is 4.56. The standard InChI is InChI=1S/C13H24N2S/c1-5-7-14-10-13(4,6-2)8-12-15-11(3)9-16-12/h9,14H,5-8,10H2,1-4H3. The van der Waals surface area contributed by atoms with Gasteiger partial charge < -0.3 is 5.32 Å². The third-order valence-electron chi connectivity index (χ3n) is 3.08. The van der Waals surface area contributed by atoms with Gasteiger partial charge in [-0.3, -0.25) is 0 Å². The summed E-state index contributed by atoms with van der Waals surface area (Å²) in [5.41, 5.74) is 1.50. The van der Waals surface area contributed by atoms with Crippen LogP contribution in [0.3, 0.4) is 0 Å². The monoisotopic (exact) mass is 240 g/mol. The maximum atomic E-state index is 4.56. The first-order valence-corrected chi connectivity index (χ1v) is 7.09. The van der Waals surface area contributed by atoms with Gasteiger partial charge in [-0.1, -0.05) is 20.8 Å². The van der Waals surface area contributed by atoms with Crippen LogP contribution in [0.25, 0.3) is 0 Å².